The van der Waals surface area contributed by atoms with Crippen LogP contribution < -0.4 is 15.2 Å². The first kappa shape index (κ1) is 22.8. The van der Waals surface area contributed by atoms with Crippen LogP contribution in [-0.2, 0) is 6.54 Å². The van der Waals surface area contributed by atoms with Crippen LogP contribution in [0, 0.1) is 34.6 Å². The molecule has 0 unspecified atom stereocenters. The van der Waals surface area contributed by atoms with Gasteiger partial charge in [0, 0.05) is 29.4 Å². The summed E-state index contributed by atoms with van der Waals surface area (Å²) < 4.78 is 5.75. The van der Waals surface area contributed by atoms with Gasteiger partial charge in [-0.1, -0.05) is 29.7 Å². The van der Waals surface area contributed by atoms with E-state index in [4.69, 9.17) is 0 Å². The van der Waals surface area contributed by atoms with Crippen LogP contribution in [0.25, 0.3) is 41.9 Å². The van der Waals surface area contributed by atoms with E-state index in [1.807, 2.05) is 22.7 Å². The van der Waals surface area contributed by atoms with Crippen molar-refractivity contribution in [1.82, 2.24) is 0 Å². The molecular formula is C31H30BNS2. The minimum Gasteiger partial charge on any atom is -0.296 e. The first-order valence-corrected chi connectivity index (χ1v) is 14.1. The SMILES string of the molecule is Bc1c(C2=c3sc4ccccc4c3=CCC2)c(C)c2c(sc3c(C)c(CN=C)c(C)c(C)c32)c1C. The predicted molar refractivity (Wildman–Crippen MR) is 162 cm³/mol. The molecule has 0 radical (unpaired) electrons. The Morgan fingerprint density at radius 1 is 0.886 bits per heavy atom. The third-order valence-corrected chi connectivity index (χ3v) is 11.0. The third-order valence-electron chi connectivity index (χ3n) is 8.34. The fourth-order valence-corrected chi connectivity index (χ4v) is 9.06. The predicted octanol–water partition coefficient (Wildman–Crippen LogP) is 6.04. The molecule has 1 nitrogen and oxygen atoms in total. The molecule has 0 aliphatic heterocycles. The summed E-state index contributed by atoms with van der Waals surface area (Å²) in [5.74, 6) is 0. The molecular weight excluding hydrogens is 461 g/mol. The Balaban J connectivity index is 1.79. The van der Waals surface area contributed by atoms with Gasteiger partial charge in [-0.05, 0) is 115 Å². The lowest BCUT2D eigenvalue weighted by molar-refractivity contribution is 1.04. The normalized spacial score (nSPS) is 13.6. The molecule has 174 valence electrons. The lowest BCUT2D eigenvalue weighted by atomic mass is 9.77. The van der Waals surface area contributed by atoms with E-state index in [1.54, 1.807) is 5.57 Å². The van der Waals surface area contributed by atoms with Crippen molar-refractivity contribution in [3.8, 4) is 0 Å². The second-order valence-corrected chi connectivity index (χ2v) is 12.1. The van der Waals surface area contributed by atoms with Crippen molar-refractivity contribution in [1.29, 1.82) is 0 Å². The molecule has 2 aromatic heterocycles. The number of hydrogen-bond donors (Lipinski definition) is 0. The highest BCUT2D eigenvalue weighted by atomic mass is 32.1. The molecule has 0 saturated heterocycles. The molecule has 4 heteroatoms. The molecule has 0 saturated carbocycles. The zero-order valence-electron chi connectivity index (χ0n) is 21.5. The zero-order valence-corrected chi connectivity index (χ0v) is 23.1. The van der Waals surface area contributed by atoms with Gasteiger partial charge in [-0.25, -0.2) is 0 Å². The number of aryl methyl sites for hydroxylation is 4. The van der Waals surface area contributed by atoms with Crippen molar-refractivity contribution in [2.75, 3.05) is 0 Å². The summed E-state index contributed by atoms with van der Waals surface area (Å²) in [4.78, 5) is 4.24. The number of rotatable bonds is 3. The Labute approximate surface area is 215 Å². The third kappa shape index (κ3) is 3.09. The van der Waals surface area contributed by atoms with Crippen molar-refractivity contribution in [2.45, 2.75) is 54.0 Å². The van der Waals surface area contributed by atoms with Crippen LogP contribution in [0.4, 0.5) is 0 Å². The van der Waals surface area contributed by atoms with Crippen LogP contribution in [0.15, 0.2) is 29.3 Å². The van der Waals surface area contributed by atoms with Gasteiger partial charge in [0.15, 0.2) is 0 Å². The highest BCUT2D eigenvalue weighted by molar-refractivity contribution is 7.26. The fraction of sp³-hybridized carbons (Fsp3) is 0.258. The zero-order chi connectivity index (χ0) is 24.6. The smallest absolute Gasteiger partial charge is 0.140 e. The van der Waals surface area contributed by atoms with Gasteiger partial charge in [0.1, 0.15) is 7.85 Å². The van der Waals surface area contributed by atoms with Crippen molar-refractivity contribution < 1.29 is 0 Å². The van der Waals surface area contributed by atoms with E-state index in [-0.39, 0.29) is 0 Å². The van der Waals surface area contributed by atoms with Crippen LogP contribution in [0.1, 0.15) is 51.8 Å². The van der Waals surface area contributed by atoms with E-state index in [9.17, 15) is 0 Å². The molecule has 3 aromatic carbocycles. The van der Waals surface area contributed by atoms with Gasteiger partial charge in [0.05, 0.1) is 6.54 Å². The number of hydrogen-bond acceptors (Lipinski definition) is 3. The summed E-state index contributed by atoms with van der Waals surface area (Å²) in [6.45, 7) is 16.0. The maximum atomic E-state index is 4.24. The highest BCUT2D eigenvalue weighted by Gasteiger charge is 2.24. The van der Waals surface area contributed by atoms with Crippen molar-refractivity contribution in [2.24, 2.45) is 4.99 Å². The maximum absolute atomic E-state index is 4.24. The largest absolute Gasteiger partial charge is 0.296 e. The summed E-state index contributed by atoms with van der Waals surface area (Å²) in [5, 5.41) is 5.77. The average molecular weight is 492 g/mol. The second-order valence-electron chi connectivity index (χ2n) is 10.1. The van der Waals surface area contributed by atoms with E-state index in [0.29, 0.717) is 6.54 Å². The van der Waals surface area contributed by atoms with Gasteiger partial charge in [0.2, 0.25) is 0 Å². The second kappa shape index (κ2) is 8.18. The molecule has 0 bridgehead atoms. The average Bonchev–Trinajstić information content (AvgIpc) is 3.44. The Morgan fingerprint density at radius 3 is 2.37 bits per heavy atom. The Bertz CT molecular complexity index is 1850. The number of nitrogens with zero attached hydrogens (tertiary/aromatic N) is 1. The van der Waals surface area contributed by atoms with Gasteiger partial charge < -0.3 is 0 Å². The molecule has 35 heavy (non-hydrogen) atoms. The number of thiophene rings is 2. The molecule has 0 amide bonds. The van der Waals surface area contributed by atoms with Crippen molar-refractivity contribution >= 4 is 84.6 Å². The van der Waals surface area contributed by atoms with Crippen LogP contribution in [-0.4, -0.2) is 14.6 Å². The number of benzene rings is 3. The first-order chi connectivity index (χ1) is 16.8. The minimum absolute atomic E-state index is 0.689. The van der Waals surface area contributed by atoms with Gasteiger partial charge in [-0.3, -0.25) is 4.99 Å². The maximum Gasteiger partial charge on any atom is 0.140 e. The van der Waals surface area contributed by atoms with Gasteiger partial charge >= 0.3 is 0 Å². The number of fused-ring (bicyclic) bond motifs is 6. The van der Waals surface area contributed by atoms with E-state index >= 15 is 0 Å². The molecule has 0 spiro atoms. The van der Waals surface area contributed by atoms with E-state index < -0.39 is 0 Å². The lowest BCUT2D eigenvalue weighted by Crippen LogP contribution is -2.28. The summed E-state index contributed by atoms with van der Waals surface area (Å²) in [7, 11) is 2.35. The summed E-state index contributed by atoms with van der Waals surface area (Å²) in [5.41, 5.74) is 12.9. The van der Waals surface area contributed by atoms with E-state index in [1.165, 1.54) is 84.4 Å². The van der Waals surface area contributed by atoms with Crippen LogP contribution in [0.5, 0.6) is 0 Å². The van der Waals surface area contributed by atoms with Crippen molar-refractivity contribution in [3.05, 3.63) is 73.0 Å². The van der Waals surface area contributed by atoms with E-state index in [0.717, 1.165) is 12.8 Å². The molecule has 6 rings (SSSR count). The van der Waals surface area contributed by atoms with Gasteiger partial charge in [-0.2, -0.15) is 0 Å². The van der Waals surface area contributed by atoms with Crippen LogP contribution in [0.3, 0.4) is 0 Å². The summed E-state index contributed by atoms with van der Waals surface area (Å²) in [6, 6.07) is 8.90. The fourth-order valence-electron chi connectivity index (χ4n) is 6.28. The Kier molecular flexibility index (Phi) is 5.32. The topological polar surface area (TPSA) is 12.4 Å². The Hall–Kier alpha value is -2.69. The quantitative estimate of drug-likeness (QED) is 0.215. The van der Waals surface area contributed by atoms with Crippen molar-refractivity contribution in [3.63, 3.8) is 0 Å². The molecule has 1 aliphatic rings. The Morgan fingerprint density at radius 2 is 1.60 bits per heavy atom. The molecule has 2 heterocycles. The minimum atomic E-state index is 0.689. The van der Waals surface area contributed by atoms with E-state index in [2.05, 4.69) is 84.5 Å². The molecule has 0 fully saturated rings. The van der Waals surface area contributed by atoms with Crippen LogP contribution in [0.2, 0.25) is 0 Å². The molecule has 5 aromatic rings. The molecule has 1 aliphatic carbocycles. The standard InChI is InChI=1S/C31H30BNS2/c1-15-16(2)26-27-18(4)25(22-12-9-11-21-20-10-7-8-13-24(20)34-31(21)22)28(32)19(5)30(27)35-29(26)17(3)23(15)14-33-6/h7-8,10-11,13H,6,9,12,14,32H2,1-5H3. The molecule has 0 N–H and O–H groups in total. The van der Waals surface area contributed by atoms with Gasteiger partial charge in [0.25, 0.3) is 0 Å². The summed E-state index contributed by atoms with van der Waals surface area (Å²) in [6.07, 6.45) is 4.68. The highest BCUT2D eigenvalue weighted by Crippen LogP contribution is 2.44. The monoisotopic (exact) mass is 491 g/mol. The lowest BCUT2D eigenvalue weighted by Gasteiger charge is -2.20. The number of aliphatic imine (C=N–C) groups is 1. The van der Waals surface area contributed by atoms with Crippen LogP contribution >= 0.6 is 22.7 Å². The van der Waals surface area contributed by atoms with Gasteiger partial charge in [-0.15, -0.1) is 22.7 Å². The first-order valence-electron chi connectivity index (χ1n) is 12.4. The summed E-state index contributed by atoms with van der Waals surface area (Å²) >= 11 is 3.95. The molecule has 0 atom stereocenters.